The molecule has 3 fully saturated rings. The lowest BCUT2D eigenvalue weighted by molar-refractivity contribution is 0.0732. The van der Waals surface area contributed by atoms with E-state index in [0.29, 0.717) is 12.8 Å². The number of amides is 2. The van der Waals surface area contributed by atoms with Crippen LogP contribution in [-0.4, -0.2) is 63.0 Å². The van der Waals surface area contributed by atoms with Gasteiger partial charge in [-0.1, -0.05) is 12.8 Å². The number of carbonyl (C=O) groups excluding carboxylic acids is 1. The Morgan fingerprint density at radius 1 is 1.22 bits per heavy atom. The predicted molar refractivity (Wildman–Crippen MR) is 86.6 cm³/mol. The summed E-state index contributed by atoms with van der Waals surface area (Å²) in [6.45, 7) is 0. The molecule has 5 unspecified atom stereocenters. The summed E-state index contributed by atoms with van der Waals surface area (Å²) in [5.74, 6) is 0. The summed E-state index contributed by atoms with van der Waals surface area (Å²) in [7, 11) is -0.00914. The van der Waals surface area contributed by atoms with Crippen molar-refractivity contribution in [3.63, 3.8) is 0 Å². The van der Waals surface area contributed by atoms with Crippen LogP contribution in [0.25, 0.3) is 0 Å². The standard InChI is InChI=1S/C15H27N3O4S/c1-18-12-8-7-10(9-11(12)16-15(18)19)17-23(20,21)14-6-4-3-5-13(14)22-2/h10-14,17H,3-9H2,1-2H3,(H,16,19). The van der Waals surface area contributed by atoms with Crippen LogP contribution in [0.15, 0.2) is 0 Å². The zero-order chi connectivity index (χ0) is 16.6. The SMILES string of the molecule is COC1CCCCC1S(=O)(=O)NC1CCC2C(C1)NC(=O)N2C. The van der Waals surface area contributed by atoms with Gasteiger partial charge in [0.05, 0.1) is 18.2 Å². The fourth-order valence-corrected chi connectivity index (χ4v) is 6.28. The molecule has 0 spiro atoms. The van der Waals surface area contributed by atoms with Crippen molar-refractivity contribution in [1.29, 1.82) is 0 Å². The van der Waals surface area contributed by atoms with Gasteiger partial charge in [0.2, 0.25) is 10.0 Å². The van der Waals surface area contributed by atoms with Gasteiger partial charge in [-0.25, -0.2) is 17.9 Å². The van der Waals surface area contributed by atoms with Crippen molar-refractivity contribution >= 4 is 16.1 Å². The molecule has 3 aliphatic rings. The Hall–Kier alpha value is -0.860. The third-order valence-corrected chi connectivity index (χ3v) is 7.61. The second-order valence-corrected chi connectivity index (χ2v) is 8.94. The number of nitrogens with one attached hydrogen (secondary N) is 2. The largest absolute Gasteiger partial charge is 0.380 e. The minimum Gasteiger partial charge on any atom is -0.380 e. The molecule has 0 aromatic rings. The number of nitrogens with zero attached hydrogens (tertiary/aromatic N) is 1. The van der Waals surface area contributed by atoms with Gasteiger partial charge in [-0.15, -0.1) is 0 Å². The number of carbonyl (C=O) groups is 1. The van der Waals surface area contributed by atoms with E-state index in [1.165, 1.54) is 0 Å². The van der Waals surface area contributed by atoms with Gasteiger partial charge in [0.25, 0.3) is 0 Å². The summed E-state index contributed by atoms with van der Waals surface area (Å²) < 4.78 is 33.8. The Balaban J connectivity index is 1.64. The molecule has 7 nitrogen and oxygen atoms in total. The molecule has 1 saturated heterocycles. The smallest absolute Gasteiger partial charge is 0.317 e. The summed E-state index contributed by atoms with van der Waals surface area (Å²) in [4.78, 5) is 13.5. The number of urea groups is 1. The van der Waals surface area contributed by atoms with Gasteiger partial charge in [-0.05, 0) is 32.1 Å². The molecule has 2 amide bonds. The van der Waals surface area contributed by atoms with Crippen LogP contribution >= 0.6 is 0 Å². The monoisotopic (exact) mass is 345 g/mol. The van der Waals surface area contributed by atoms with Crippen LogP contribution in [0.1, 0.15) is 44.9 Å². The zero-order valence-electron chi connectivity index (χ0n) is 13.8. The first kappa shape index (κ1) is 17.0. The topological polar surface area (TPSA) is 87.7 Å². The second kappa shape index (κ2) is 6.57. The predicted octanol–water partition coefficient (Wildman–Crippen LogP) is 0.808. The summed E-state index contributed by atoms with van der Waals surface area (Å²) in [5, 5.41) is 2.49. The molecule has 3 rings (SSSR count). The highest BCUT2D eigenvalue weighted by Gasteiger charge is 2.43. The Labute approximate surface area is 138 Å². The highest BCUT2D eigenvalue weighted by Crippen LogP contribution is 2.30. The lowest BCUT2D eigenvalue weighted by Crippen LogP contribution is -2.52. The molecule has 2 N–H and O–H groups in total. The van der Waals surface area contributed by atoms with Crippen molar-refractivity contribution in [2.24, 2.45) is 0 Å². The highest BCUT2D eigenvalue weighted by atomic mass is 32.2. The third kappa shape index (κ3) is 3.34. The summed E-state index contributed by atoms with van der Waals surface area (Å²) in [6, 6.07) is 0.0610. The number of hydrogen-bond donors (Lipinski definition) is 2. The Kier molecular flexibility index (Phi) is 4.85. The lowest BCUT2D eigenvalue weighted by Gasteiger charge is -2.35. The van der Waals surface area contributed by atoms with E-state index in [2.05, 4.69) is 10.0 Å². The Morgan fingerprint density at radius 2 is 1.96 bits per heavy atom. The van der Waals surface area contributed by atoms with E-state index in [0.717, 1.165) is 32.1 Å². The molecule has 0 aromatic carbocycles. The number of fused-ring (bicyclic) bond motifs is 1. The van der Waals surface area contributed by atoms with Crippen molar-refractivity contribution < 1.29 is 17.9 Å². The second-order valence-electron chi connectivity index (χ2n) is 7.00. The molecule has 1 aliphatic heterocycles. The van der Waals surface area contributed by atoms with Gasteiger partial charge in [-0.2, -0.15) is 0 Å². The minimum absolute atomic E-state index is 0.0403. The first-order valence-corrected chi connectivity index (χ1v) is 10.0. The van der Waals surface area contributed by atoms with E-state index in [9.17, 15) is 13.2 Å². The summed E-state index contributed by atoms with van der Waals surface area (Å²) >= 11 is 0. The molecule has 23 heavy (non-hydrogen) atoms. The molecule has 132 valence electrons. The van der Waals surface area contributed by atoms with E-state index in [4.69, 9.17) is 4.74 Å². The van der Waals surface area contributed by atoms with Crippen molar-refractivity contribution in [3.8, 4) is 0 Å². The van der Waals surface area contributed by atoms with Gasteiger partial charge in [0.1, 0.15) is 5.25 Å². The van der Waals surface area contributed by atoms with E-state index in [-0.39, 0.29) is 30.3 Å². The van der Waals surface area contributed by atoms with Crippen LogP contribution in [0.4, 0.5) is 4.79 Å². The number of hydrogen-bond acceptors (Lipinski definition) is 4. The zero-order valence-corrected chi connectivity index (χ0v) is 14.6. The van der Waals surface area contributed by atoms with Gasteiger partial charge >= 0.3 is 6.03 Å². The average Bonchev–Trinajstić information content (AvgIpc) is 2.81. The highest BCUT2D eigenvalue weighted by molar-refractivity contribution is 7.90. The maximum atomic E-state index is 12.8. The Bertz CT molecular complexity index is 553. The maximum Gasteiger partial charge on any atom is 0.317 e. The van der Waals surface area contributed by atoms with Crippen LogP contribution in [0.2, 0.25) is 0 Å². The van der Waals surface area contributed by atoms with Crippen LogP contribution < -0.4 is 10.0 Å². The molecule has 2 aliphatic carbocycles. The van der Waals surface area contributed by atoms with Crippen molar-refractivity contribution in [3.05, 3.63) is 0 Å². The van der Waals surface area contributed by atoms with Crippen LogP contribution in [-0.2, 0) is 14.8 Å². The minimum atomic E-state index is -3.40. The van der Waals surface area contributed by atoms with Crippen molar-refractivity contribution in [1.82, 2.24) is 14.9 Å². The summed E-state index contributed by atoms with van der Waals surface area (Å²) in [6.07, 6.45) is 5.46. The number of methoxy groups -OCH3 is 1. The molecule has 0 radical (unpaired) electrons. The summed E-state index contributed by atoms with van der Waals surface area (Å²) in [5.41, 5.74) is 0. The Morgan fingerprint density at radius 3 is 2.70 bits per heavy atom. The van der Waals surface area contributed by atoms with Crippen LogP contribution in [0.3, 0.4) is 0 Å². The molecule has 0 bridgehead atoms. The quantitative estimate of drug-likeness (QED) is 0.789. The van der Waals surface area contributed by atoms with Crippen LogP contribution in [0, 0.1) is 0 Å². The van der Waals surface area contributed by atoms with Crippen LogP contribution in [0.5, 0.6) is 0 Å². The first-order valence-electron chi connectivity index (χ1n) is 8.49. The fraction of sp³-hybridized carbons (Fsp3) is 0.933. The van der Waals surface area contributed by atoms with Gasteiger partial charge in [-0.3, -0.25) is 0 Å². The lowest BCUT2D eigenvalue weighted by atomic mass is 9.88. The van der Waals surface area contributed by atoms with E-state index < -0.39 is 15.3 Å². The first-order chi connectivity index (χ1) is 10.9. The normalized spacial score (nSPS) is 38.3. The molecule has 5 atom stereocenters. The van der Waals surface area contributed by atoms with Gasteiger partial charge in [0.15, 0.2) is 0 Å². The van der Waals surface area contributed by atoms with Crippen molar-refractivity contribution in [2.75, 3.05) is 14.2 Å². The number of sulfonamides is 1. The van der Waals surface area contributed by atoms with Gasteiger partial charge in [0, 0.05) is 20.2 Å². The molecule has 2 saturated carbocycles. The molecule has 0 aromatic heterocycles. The third-order valence-electron chi connectivity index (χ3n) is 5.61. The number of rotatable bonds is 4. The number of likely N-dealkylation sites (N-methyl/N-ethyl adjacent to an activating group) is 1. The van der Waals surface area contributed by atoms with E-state index in [1.807, 2.05) is 0 Å². The molecule has 8 heteroatoms. The van der Waals surface area contributed by atoms with Crippen molar-refractivity contribution in [2.45, 2.75) is 74.4 Å². The van der Waals surface area contributed by atoms with Gasteiger partial charge < -0.3 is 15.0 Å². The number of ether oxygens (including phenoxy) is 1. The molecule has 1 heterocycles. The average molecular weight is 345 g/mol. The van der Waals surface area contributed by atoms with E-state index in [1.54, 1.807) is 19.1 Å². The fourth-order valence-electron chi connectivity index (χ4n) is 4.30. The molecular formula is C15H27N3O4S. The van der Waals surface area contributed by atoms with E-state index >= 15 is 0 Å². The molecular weight excluding hydrogens is 318 g/mol. The maximum absolute atomic E-state index is 12.8.